The number of ether oxygens (including phenoxy) is 1. The van der Waals surface area contributed by atoms with Crippen molar-refractivity contribution in [3.8, 4) is 0 Å². The van der Waals surface area contributed by atoms with Crippen molar-refractivity contribution in [1.29, 1.82) is 0 Å². The molecular formula is C13H13BrN2O3S. The molecule has 1 heterocycles. The van der Waals surface area contributed by atoms with Gasteiger partial charge < -0.3 is 9.15 Å². The van der Waals surface area contributed by atoms with Gasteiger partial charge >= 0.3 is 5.97 Å². The molecule has 0 N–H and O–H groups in total. The van der Waals surface area contributed by atoms with Gasteiger partial charge in [0.1, 0.15) is 0 Å². The van der Waals surface area contributed by atoms with Crippen LogP contribution >= 0.6 is 27.7 Å². The molecule has 1 aromatic carbocycles. The number of esters is 1. The minimum absolute atomic E-state index is 0.235. The lowest BCUT2D eigenvalue weighted by molar-refractivity contribution is -0.146. The highest BCUT2D eigenvalue weighted by Crippen LogP contribution is 2.22. The summed E-state index contributed by atoms with van der Waals surface area (Å²) in [7, 11) is 0. The monoisotopic (exact) mass is 356 g/mol. The number of thioether (sulfide) groups is 1. The lowest BCUT2D eigenvalue weighted by Crippen LogP contribution is -2.11. The molecule has 20 heavy (non-hydrogen) atoms. The van der Waals surface area contributed by atoms with Gasteiger partial charge in [0.15, 0.2) is 6.10 Å². The highest BCUT2D eigenvalue weighted by molar-refractivity contribution is 9.10. The van der Waals surface area contributed by atoms with Gasteiger partial charge in [-0.3, -0.25) is 4.79 Å². The summed E-state index contributed by atoms with van der Waals surface area (Å²) in [5.74, 6) is 0.678. The molecule has 0 amide bonds. The van der Waals surface area contributed by atoms with Crippen LogP contribution in [-0.4, -0.2) is 21.9 Å². The average Bonchev–Trinajstić information content (AvgIpc) is 2.85. The van der Waals surface area contributed by atoms with Gasteiger partial charge in [-0.15, -0.1) is 22.0 Å². The van der Waals surface area contributed by atoms with Crippen molar-refractivity contribution < 1.29 is 13.9 Å². The lowest BCUT2D eigenvalue weighted by Gasteiger charge is -2.09. The summed E-state index contributed by atoms with van der Waals surface area (Å²) in [5, 5.41) is 7.52. The lowest BCUT2D eigenvalue weighted by atomic mass is 10.4. The number of nitrogens with zero attached hydrogens (tertiary/aromatic N) is 2. The van der Waals surface area contributed by atoms with Crippen molar-refractivity contribution >= 4 is 33.7 Å². The van der Waals surface area contributed by atoms with Crippen molar-refractivity contribution in [1.82, 2.24) is 10.2 Å². The molecule has 0 radical (unpaired) electrons. The Hall–Kier alpha value is -1.34. The average molecular weight is 357 g/mol. The predicted octanol–water partition coefficient (Wildman–Crippen LogP) is 3.54. The Kier molecular flexibility index (Phi) is 5.19. The fourth-order valence-electron chi connectivity index (χ4n) is 1.43. The standard InChI is InChI=1S/C13H13BrN2O3S/c1-8(13-16-15-9(2)19-13)18-12(17)7-20-11-5-3-10(14)4-6-11/h3-6,8H,7H2,1-2H3. The number of hydrogen-bond acceptors (Lipinski definition) is 6. The Morgan fingerprint density at radius 2 is 2.10 bits per heavy atom. The summed E-state index contributed by atoms with van der Waals surface area (Å²) < 4.78 is 11.4. The first-order valence-corrected chi connectivity index (χ1v) is 7.70. The van der Waals surface area contributed by atoms with Gasteiger partial charge in [-0.25, -0.2) is 0 Å². The normalized spacial score (nSPS) is 12.2. The second-order valence-electron chi connectivity index (χ2n) is 4.03. The maximum Gasteiger partial charge on any atom is 0.317 e. The van der Waals surface area contributed by atoms with E-state index >= 15 is 0 Å². The Bertz CT molecular complexity index is 586. The van der Waals surface area contributed by atoms with E-state index in [1.165, 1.54) is 11.8 Å². The summed E-state index contributed by atoms with van der Waals surface area (Å²) in [6.45, 7) is 3.39. The van der Waals surface area contributed by atoms with E-state index < -0.39 is 6.10 Å². The Balaban J connectivity index is 1.82. The minimum Gasteiger partial charge on any atom is -0.452 e. The number of hydrogen-bond donors (Lipinski definition) is 0. The molecule has 106 valence electrons. The summed E-state index contributed by atoms with van der Waals surface area (Å²) in [4.78, 5) is 12.7. The zero-order chi connectivity index (χ0) is 14.5. The van der Waals surface area contributed by atoms with Crippen LogP contribution < -0.4 is 0 Å². The van der Waals surface area contributed by atoms with Crippen molar-refractivity contribution in [2.45, 2.75) is 24.8 Å². The molecule has 7 heteroatoms. The highest BCUT2D eigenvalue weighted by atomic mass is 79.9. The molecule has 5 nitrogen and oxygen atoms in total. The van der Waals surface area contributed by atoms with E-state index in [4.69, 9.17) is 9.15 Å². The third kappa shape index (κ3) is 4.35. The van der Waals surface area contributed by atoms with Crippen LogP contribution in [0, 0.1) is 6.92 Å². The summed E-state index contributed by atoms with van der Waals surface area (Å²) in [6, 6.07) is 7.73. The first kappa shape index (κ1) is 15.1. The van der Waals surface area contributed by atoms with Crippen LogP contribution in [0.3, 0.4) is 0 Å². The van der Waals surface area contributed by atoms with Crippen LogP contribution in [0.2, 0.25) is 0 Å². The smallest absolute Gasteiger partial charge is 0.317 e. The molecule has 1 unspecified atom stereocenters. The predicted molar refractivity (Wildman–Crippen MR) is 78.4 cm³/mol. The Morgan fingerprint density at radius 3 is 2.70 bits per heavy atom. The zero-order valence-corrected chi connectivity index (χ0v) is 13.4. The number of benzene rings is 1. The van der Waals surface area contributed by atoms with Crippen LogP contribution in [0.1, 0.15) is 24.8 Å². The van der Waals surface area contributed by atoms with Gasteiger partial charge in [-0.2, -0.15) is 0 Å². The van der Waals surface area contributed by atoms with Crippen LogP contribution in [0.5, 0.6) is 0 Å². The highest BCUT2D eigenvalue weighted by Gasteiger charge is 2.17. The number of halogens is 1. The SMILES string of the molecule is Cc1nnc(C(C)OC(=O)CSc2ccc(Br)cc2)o1. The molecule has 0 bridgehead atoms. The van der Waals surface area contributed by atoms with E-state index in [9.17, 15) is 4.79 Å². The third-order valence-electron chi connectivity index (χ3n) is 2.37. The molecule has 1 aromatic heterocycles. The van der Waals surface area contributed by atoms with Crippen molar-refractivity contribution in [3.05, 3.63) is 40.5 Å². The van der Waals surface area contributed by atoms with Gasteiger partial charge in [0, 0.05) is 16.3 Å². The topological polar surface area (TPSA) is 65.2 Å². The Morgan fingerprint density at radius 1 is 1.40 bits per heavy atom. The van der Waals surface area contributed by atoms with Crippen molar-refractivity contribution in [2.24, 2.45) is 0 Å². The van der Waals surface area contributed by atoms with E-state index in [0.717, 1.165) is 9.37 Å². The molecule has 1 atom stereocenters. The Labute approximate surface area is 129 Å². The molecular weight excluding hydrogens is 344 g/mol. The molecule has 0 spiro atoms. The summed E-state index contributed by atoms with van der Waals surface area (Å²) in [5.41, 5.74) is 0. The zero-order valence-electron chi connectivity index (χ0n) is 11.0. The maximum absolute atomic E-state index is 11.7. The summed E-state index contributed by atoms with van der Waals surface area (Å²) in [6.07, 6.45) is -0.533. The van der Waals surface area contributed by atoms with Gasteiger partial charge in [0.2, 0.25) is 5.89 Å². The largest absolute Gasteiger partial charge is 0.452 e. The number of carbonyl (C=O) groups excluding carboxylic acids is 1. The fraction of sp³-hybridized carbons (Fsp3) is 0.308. The van der Waals surface area contributed by atoms with Gasteiger partial charge in [-0.1, -0.05) is 15.9 Å². The second kappa shape index (κ2) is 6.90. The van der Waals surface area contributed by atoms with E-state index in [-0.39, 0.29) is 11.7 Å². The molecule has 0 aliphatic rings. The second-order valence-corrected chi connectivity index (χ2v) is 6.00. The van der Waals surface area contributed by atoms with Crippen LogP contribution in [-0.2, 0) is 9.53 Å². The number of carbonyl (C=O) groups is 1. The quantitative estimate of drug-likeness (QED) is 0.602. The molecule has 0 saturated carbocycles. The molecule has 0 aliphatic carbocycles. The number of aromatic nitrogens is 2. The third-order valence-corrected chi connectivity index (χ3v) is 3.88. The molecule has 2 aromatic rings. The van der Waals surface area contributed by atoms with Gasteiger partial charge in [-0.05, 0) is 31.2 Å². The van der Waals surface area contributed by atoms with Gasteiger partial charge in [0.05, 0.1) is 5.75 Å². The van der Waals surface area contributed by atoms with Crippen LogP contribution in [0.15, 0.2) is 38.1 Å². The number of rotatable bonds is 5. The van der Waals surface area contributed by atoms with E-state index in [0.29, 0.717) is 11.8 Å². The summed E-state index contributed by atoms with van der Waals surface area (Å²) >= 11 is 4.78. The van der Waals surface area contributed by atoms with Crippen LogP contribution in [0.4, 0.5) is 0 Å². The van der Waals surface area contributed by atoms with Crippen molar-refractivity contribution in [3.63, 3.8) is 0 Å². The number of aryl methyl sites for hydroxylation is 1. The maximum atomic E-state index is 11.7. The van der Waals surface area contributed by atoms with Gasteiger partial charge in [0.25, 0.3) is 5.89 Å². The molecule has 2 rings (SSSR count). The van der Waals surface area contributed by atoms with E-state index in [2.05, 4.69) is 26.1 Å². The molecule has 0 fully saturated rings. The fourth-order valence-corrected chi connectivity index (χ4v) is 2.38. The van der Waals surface area contributed by atoms with E-state index in [1.54, 1.807) is 13.8 Å². The van der Waals surface area contributed by atoms with E-state index in [1.807, 2.05) is 24.3 Å². The molecule has 0 saturated heterocycles. The molecule has 0 aliphatic heterocycles. The minimum atomic E-state index is -0.533. The van der Waals surface area contributed by atoms with Crippen molar-refractivity contribution in [2.75, 3.05) is 5.75 Å². The first-order chi connectivity index (χ1) is 9.54. The van der Waals surface area contributed by atoms with Crippen LogP contribution in [0.25, 0.3) is 0 Å². The first-order valence-electron chi connectivity index (χ1n) is 5.92.